The fourth-order valence-corrected chi connectivity index (χ4v) is 3.95. The van der Waals surface area contributed by atoms with Gasteiger partial charge in [0.1, 0.15) is 12.4 Å². The zero-order chi connectivity index (χ0) is 19.2. The van der Waals surface area contributed by atoms with Crippen molar-refractivity contribution >= 4 is 27.4 Å². The van der Waals surface area contributed by atoms with Gasteiger partial charge in [-0.2, -0.15) is 0 Å². The molecule has 0 fully saturated rings. The number of benzene rings is 1. The lowest BCUT2D eigenvalue weighted by molar-refractivity contribution is -0.142. The maximum absolute atomic E-state index is 11.7. The largest absolute Gasteiger partial charge is 0.489 e. The molecular formula is C23H24O3S. The Balaban J connectivity index is 1.73. The lowest BCUT2D eigenvalue weighted by atomic mass is 10.1. The van der Waals surface area contributed by atoms with Crippen molar-refractivity contribution in [2.24, 2.45) is 0 Å². The molecule has 1 aliphatic rings. The van der Waals surface area contributed by atoms with Gasteiger partial charge in [-0.15, -0.1) is 17.1 Å². The first-order valence-corrected chi connectivity index (χ1v) is 10.1. The van der Waals surface area contributed by atoms with Gasteiger partial charge in [-0.25, -0.2) is 0 Å². The average Bonchev–Trinajstić information content (AvgIpc) is 2.95. The molecule has 1 aliphatic carbocycles. The van der Waals surface area contributed by atoms with E-state index in [0.29, 0.717) is 19.6 Å². The van der Waals surface area contributed by atoms with Crippen molar-refractivity contribution in [1.29, 1.82) is 0 Å². The molecule has 3 nitrogen and oxygen atoms in total. The monoisotopic (exact) mass is 380 g/mol. The molecule has 0 amide bonds. The molecule has 140 valence electrons. The molecule has 0 unspecified atom stereocenters. The van der Waals surface area contributed by atoms with Gasteiger partial charge in [0.2, 0.25) is 0 Å². The van der Waals surface area contributed by atoms with Crippen LogP contribution in [0.3, 0.4) is 0 Å². The molecule has 1 aromatic heterocycles. The first kappa shape index (κ1) is 19.2. The van der Waals surface area contributed by atoms with Crippen molar-refractivity contribution in [1.82, 2.24) is 0 Å². The Morgan fingerprint density at radius 2 is 2.07 bits per heavy atom. The topological polar surface area (TPSA) is 35.5 Å². The van der Waals surface area contributed by atoms with Crippen LogP contribution in [-0.4, -0.2) is 19.2 Å². The van der Waals surface area contributed by atoms with E-state index in [9.17, 15) is 4.79 Å². The van der Waals surface area contributed by atoms with Crippen molar-refractivity contribution in [2.45, 2.75) is 33.6 Å². The van der Waals surface area contributed by atoms with Crippen LogP contribution in [0.1, 0.15) is 32.8 Å². The smallest absolute Gasteiger partial charge is 0.310 e. The number of thiophene rings is 1. The van der Waals surface area contributed by atoms with Crippen LogP contribution in [0.25, 0.3) is 10.1 Å². The van der Waals surface area contributed by atoms with Gasteiger partial charge in [0.05, 0.1) is 13.0 Å². The van der Waals surface area contributed by atoms with Gasteiger partial charge in [-0.1, -0.05) is 19.1 Å². The highest BCUT2D eigenvalue weighted by molar-refractivity contribution is 7.17. The number of carbonyl (C=O) groups is 1. The van der Waals surface area contributed by atoms with Crippen LogP contribution in [0, 0.1) is 0 Å². The predicted molar refractivity (Wildman–Crippen MR) is 111 cm³/mol. The van der Waals surface area contributed by atoms with Gasteiger partial charge >= 0.3 is 5.97 Å². The van der Waals surface area contributed by atoms with Gasteiger partial charge in [0.15, 0.2) is 0 Å². The van der Waals surface area contributed by atoms with E-state index in [1.54, 1.807) is 11.3 Å². The van der Waals surface area contributed by atoms with Crippen LogP contribution in [0.4, 0.5) is 0 Å². The van der Waals surface area contributed by atoms with Crippen LogP contribution in [0.15, 0.2) is 64.3 Å². The molecule has 3 rings (SSSR count). The predicted octanol–water partition coefficient (Wildman–Crippen LogP) is 5.76. The lowest BCUT2D eigenvalue weighted by Crippen LogP contribution is -2.06. The van der Waals surface area contributed by atoms with Gasteiger partial charge < -0.3 is 9.47 Å². The molecule has 0 atom stereocenters. The molecule has 0 N–H and O–H groups in total. The van der Waals surface area contributed by atoms with E-state index in [4.69, 9.17) is 9.47 Å². The Hall–Kier alpha value is -2.55. The van der Waals surface area contributed by atoms with E-state index in [0.717, 1.165) is 33.4 Å². The van der Waals surface area contributed by atoms with Crippen molar-refractivity contribution in [3.8, 4) is 5.75 Å². The molecular weight excluding hydrogens is 356 g/mol. The first-order chi connectivity index (χ1) is 13.1. The molecule has 1 heterocycles. The third kappa shape index (κ3) is 4.79. The molecule has 1 aromatic carbocycles. The van der Waals surface area contributed by atoms with Crippen LogP contribution in [0.2, 0.25) is 0 Å². The van der Waals surface area contributed by atoms with Crippen LogP contribution in [-0.2, 0) is 16.0 Å². The van der Waals surface area contributed by atoms with E-state index >= 15 is 0 Å². The fraction of sp³-hybridized carbons (Fsp3) is 0.304. The SMILES string of the molecule is CCOC(=O)Cc1csc2cc(OCC3=CC=C(C)C=C=C3CC)ccc12. The van der Waals surface area contributed by atoms with E-state index in [1.807, 2.05) is 36.6 Å². The minimum Gasteiger partial charge on any atom is -0.489 e. The summed E-state index contributed by atoms with van der Waals surface area (Å²) in [5.74, 6) is 0.644. The van der Waals surface area contributed by atoms with Crippen LogP contribution < -0.4 is 4.74 Å². The zero-order valence-electron chi connectivity index (χ0n) is 16.0. The Morgan fingerprint density at radius 3 is 2.85 bits per heavy atom. The second-order valence-electron chi connectivity index (χ2n) is 6.41. The fourth-order valence-electron chi connectivity index (χ4n) is 2.96. The highest BCUT2D eigenvalue weighted by Gasteiger charge is 2.11. The van der Waals surface area contributed by atoms with Gasteiger partial charge in [0.25, 0.3) is 0 Å². The molecule has 27 heavy (non-hydrogen) atoms. The second kappa shape index (κ2) is 8.90. The van der Waals surface area contributed by atoms with E-state index in [1.165, 1.54) is 11.1 Å². The Labute approximate surface area is 164 Å². The summed E-state index contributed by atoms with van der Waals surface area (Å²) in [4.78, 5) is 11.7. The van der Waals surface area contributed by atoms with E-state index < -0.39 is 0 Å². The minimum atomic E-state index is -0.187. The molecule has 2 aromatic rings. The maximum Gasteiger partial charge on any atom is 0.310 e. The number of hydrogen-bond donors (Lipinski definition) is 0. The number of allylic oxidation sites excluding steroid dienone is 3. The van der Waals surface area contributed by atoms with Gasteiger partial charge in [-0.05, 0) is 66.4 Å². The Kier molecular flexibility index (Phi) is 6.33. The third-order valence-corrected chi connectivity index (χ3v) is 5.42. The summed E-state index contributed by atoms with van der Waals surface area (Å²) in [7, 11) is 0. The first-order valence-electron chi connectivity index (χ1n) is 9.22. The summed E-state index contributed by atoms with van der Waals surface area (Å²) < 4.78 is 12.2. The molecule has 4 heteroatoms. The summed E-state index contributed by atoms with van der Waals surface area (Å²) in [6, 6.07) is 6.03. The Morgan fingerprint density at radius 1 is 1.22 bits per heavy atom. The summed E-state index contributed by atoms with van der Waals surface area (Å²) in [6.45, 7) is 6.95. The summed E-state index contributed by atoms with van der Waals surface area (Å²) in [5.41, 5.74) is 7.89. The van der Waals surface area contributed by atoms with E-state index in [-0.39, 0.29) is 5.97 Å². The Bertz CT molecular complexity index is 969. The number of ether oxygens (including phenoxy) is 2. The minimum absolute atomic E-state index is 0.187. The number of hydrogen-bond acceptors (Lipinski definition) is 4. The number of esters is 1. The van der Waals surface area contributed by atoms with Gasteiger partial charge in [0, 0.05) is 15.8 Å². The van der Waals surface area contributed by atoms with Crippen molar-refractivity contribution < 1.29 is 14.3 Å². The number of fused-ring (bicyclic) bond motifs is 1. The molecule has 0 spiro atoms. The molecule has 0 bridgehead atoms. The average molecular weight is 381 g/mol. The van der Waals surface area contributed by atoms with Crippen molar-refractivity contribution in [3.05, 3.63) is 69.8 Å². The van der Waals surface area contributed by atoms with E-state index in [2.05, 4.69) is 31.7 Å². The summed E-state index contributed by atoms with van der Waals surface area (Å²) >= 11 is 1.62. The van der Waals surface area contributed by atoms with Crippen molar-refractivity contribution in [2.75, 3.05) is 13.2 Å². The third-order valence-electron chi connectivity index (χ3n) is 4.42. The van der Waals surface area contributed by atoms with Gasteiger partial charge in [-0.3, -0.25) is 4.79 Å². The number of rotatable bonds is 7. The number of carbonyl (C=O) groups excluding carboxylic acids is 1. The molecule has 0 saturated carbocycles. The van der Waals surface area contributed by atoms with Crippen LogP contribution >= 0.6 is 11.3 Å². The van der Waals surface area contributed by atoms with Crippen molar-refractivity contribution in [3.63, 3.8) is 0 Å². The second-order valence-corrected chi connectivity index (χ2v) is 7.32. The standard InChI is InChI=1S/C23H24O3S/c1-4-17-8-6-16(3)7-9-18(17)14-26-20-10-11-21-19(12-23(24)25-5-2)15-27-22(21)13-20/h6-7,9-11,13,15H,4-5,12,14H2,1-3H3. The zero-order valence-corrected chi connectivity index (χ0v) is 16.8. The molecule has 0 radical (unpaired) electrons. The summed E-state index contributed by atoms with van der Waals surface area (Å²) in [5, 5.41) is 3.11. The quantitative estimate of drug-likeness (QED) is 0.452. The molecule has 0 aliphatic heterocycles. The molecule has 0 saturated heterocycles. The lowest BCUT2D eigenvalue weighted by Gasteiger charge is -2.10. The normalized spacial score (nSPS) is 13.7. The summed E-state index contributed by atoms with van der Waals surface area (Å²) in [6.07, 6.45) is 7.47. The maximum atomic E-state index is 11.7. The highest BCUT2D eigenvalue weighted by Crippen LogP contribution is 2.30. The highest BCUT2D eigenvalue weighted by atomic mass is 32.1. The van der Waals surface area contributed by atoms with Crippen LogP contribution in [0.5, 0.6) is 5.75 Å².